The van der Waals surface area contributed by atoms with Crippen molar-refractivity contribution in [2.75, 3.05) is 13.1 Å². The maximum atomic E-state index is 12.0. The zero-order chi connectivity index (χ0) is 11.2. The van der Waals surface area contributed by atoms with Gasteiger partial charge in [0.15, 0.2) is 0 Å². The summed E-state index contributed by atoms with van der Waals surface area (Å²) < 4.78 is 0. The van der Waals surface area contributed by atoms with Crippen molar-refractivity contribution in [2.45, 2.75) is 50.7 Å². The Balaban J connectivity index is 1.69. The predicted molar refractivity (Wildman–Crippen MR) is 59.6 cm³/mol. The van der Waals surface area contributed by atoms with E-state index in [-0.39, 0.29) is 11.5 Å². The molecule has 16 heavy (non-hydrogen) atoms. The lowest BCUT2D eigenvalue weighted by molar-refractivity contribution is -0.219. The monoisotopic (exact) mass is 224 g/mol. The van der Waals surface area contributed by atoms with Crippen molar-refractivity contribution in [3.05, 3.63) is 0 Å². The Hall–Kier alpha value is -0.610. The van der Waals surface area contributed by atoms with Gasteiger partial charge in [0.2, 0.25) is 5.91 Å². The summed E-state index contributed by atoms with van der Waals surface area (Å²) in [5, 5.41) is 5.01. The average Bonchev–Trinajstić information content (AvgIpc) is 3.08. The van der Waals surface area contributed by atoms with E-state index in [0.717, 1.165) is 25.9 Å². The van der Waals surface area contributed by atoms with Crippen LogP contribution in [-0.2, 0) is 9.63 Å². The van der Waals surface area contributed by atoms with Gasteiger partial charge < -0.3 is 5.32 Å². The molecule has 0 radical (unpaired) electrons. The number of hydrogen-bond acceptors (Lipinski definition) is 3. The molecule has 1 unspecified atom stereocenters. The van der Waals surface area contributed by atoms with Crippen LogP contribution in [0.15, 0.2) is 0 Å². The zero-order valence-electron chi connectivity index (χ0n) is 9.87. The molecular weight excluding hydrogens is 204 g/mol. The summed E-state index contributed by atoms with van der Waals surface area (Å²) in [5.41, 5.74) is -0.193. The summed E-state index contributed by atoms with van der Waals surface area (Å²) in [4.78, 5) is 18.0. The Morgan fingerprint density at radius 2 is 2.00 bits per heavy atom. The molecular formula is C12H20N2O2. The third kappa shape index (κ3) is 1.74. The fraction of sp³-hybridized carbons (Fsp3) is 0.917. The number of piperidine rings is 1. The summed E-state index contributed by atoms with van der Waals surface area (Å²) in [7, 11) is 0. The van der Waals surface area contributed by atoms with Gasteiger partial charge in [-0.05, 0) is 51.6 Å². The molecule has 0 spiro atoms. The Kier molecular flexibility index (Phi) is 2.44. The third-order valence-electron chi connectivity index (χ3n) is 4.14. The van der Waals surface area contributed by atoms with E-state index in [2.05, 4.69) is 12.2 Å². The first-order valence-electron chi connectivity index (χ1n) is 6.41. The largest absolute Gasteiger partial charge is 0.317 e. The SMILES string of the molecule is CC1(C2CC2)CC(=O)N(C2CCNCC2)O1. The molecule has 3 rings (SSSR count). The van der Waals surface area contributed by atoms with Gasteiger partial charge in [-0.15, -0.1) is 0 Å². The lowest BCUT2D eigenvalue weighted by Crippen LogP contribution is -2.44. The van der Waals surface area contributed by atoms with Crippen molar-refractivity contribution in [3.8, 4) is 0 Å². The maximum absolute atomic E-state index is 12.0. The van der Waals surface area contributed by atoms with Crippen molar-refractivity contribution >= 4 is 5.91 Å². The Bertz CT molecular complexity index is 297. The van der Waals surface area contributed by atoms with E-state index >= 15 is 0 Å². The van der Waals surface area contributed by atoms with Crippen LogP contribution in [0.4, 0.5) is 0 Å². The van der Waals surface area contributed by atoms with Gasteiger partial charge in [0.05, 0.1) is 12.5 Å². The van der Waals surface area contributed by atoms with Gasteiger partial charge >= 0.3 is 0 Å². The molecule has 1 aliphatic carbocycles. The van der Waals surface area contributed by atoms with Gasteiger partial charge in [-0.1, -0.05) is 0 Å². The summed E-state index contributed by atoms with van der Waals surface area (Å²) in [6.07, 6.45) is 5.08. The molecule has 0 aromatic rings. The van der Waals surface area contributed by atoms with E-state index in [9.17, 15) is 4.79 Å². The highest BCUT2D eigenvalue weighted by molar-refractivity contribution is 5.78. The molecule has 1 atom stereocenters. The van der Waals surface area contributed by atoms with Crippen LogP contribution >= 0.6 is 0 Å². The molecule has 1 amide bonds. The van der Waals surface area contributed by atoms with Gasteiger partial charge in [0.25, 0.3) is 0 Å². The van der Waals surface area contributed by atoms with Crippen LogP contribution < -0.4 is 5.32 Å². The molecule has 0 bridgehead atoms. The highest BCUT2D eigenvalue weighted by Gasteiger charge is 2.52. The second-order valence-electron chi connectivity index (χ2n) is 5.56. The number of carbonyl (C=O) groups is 1. The average molecular weight is 224 g/mol. The molecule has 0 aromatic carbocycles. The van der Waals surface area contributed by atoms with Gasteiger partial charge in [-0.2, -0.15) is 0 Å². The van der Waals surface area contributed by atoms with Crippen molar-refractivity contribution in [3.63, 3.8) is 0 Å². The fourth-order valence-electron chi connectivity index (χ4n) is 2.92. The number of carbonyl (C=O) groups excluding carboxylic acids is 1. The normalized spacial score (nSPS) is 37.1. The van der Waals surface area contributed by atoms with Crippen molar-refractivity contribution in [1.82, 2.24) is 10.4 Å². The third-order valence-corrected chi connectivity index (χ3v) is 4.14. The van der Waals surface area contributed by atoms with Crippen LogP contribution in [0.1, 0.15) is 39.0 Å². The molecule has 3 aliphatic rings. The maximum Gasteiger partial charge on any atom is 0.249 e. The topological polar surface area (TPSA) is 41.6 Å². The van der Waals surface area contributed by atoms with Crippen LogP contribution in [0, 0.1) is 5.92 Å². The van der Waals surface area contributed by atoms with Crippen LogP contribution in [-0.4, -0.2) is 35.7 Å². The first-order valence-corrected chi connectivity index (χ1v) is 6.41. The van der Waals surface area contributed by atoms with Gasteiger partial charge in [0, 0.05) is 0 Å². The van der Waals surface area contributed by atoms with E-state index in [4.69, 9.17) is 4.84 Å². The molecule has 4 heteroatoms. The van der Waals surface area contributed by atoms with Crippen LogP contribution in [0.3, 0.4) is 0 Å². The van der Waals surface area contributed by atoms with E-state index in [1.165, 1.54) is 12.8 Å². The predicted octanol–water partition coefficient (Wildman–Crippen LogP) is 1.07. The number of amides is 1. The van der Waals surface area contributed by atoms with Crippen molar-refractivity contribution in [2.24, 2.45) is 5.92 Å². The highest BCUT2D eigenvalue weighted by atomic mass is 16.7. The molecule has 1 N–H and O–H groups in total. The van der Waals surface area contributed by atoms with Crippen molar-refractivity contribution in [1.29, 1.82) is 0 Å². The summed E-state index contributed by atoms with van der Waals surface area (Å²) >= 11 is 0. The molecule has 3 fully saturated rings. The summed E-state index contributed by atoms with van der Waals surface area (Å²) in [6, 6.07) is 0.300. The zero-order valence-corrected chi connectivity index (χ0v) is 9.87. The Morgan fingerprint density at radius 1 is 1.31 bits per heavy atom. The standard InChI is InChI=1S/C12H20N2O2/c1-12(9-2-3-9)8-11(15)14(16-12)10-4-6-13-7-5-10/h9-10,13H,2-8H2,1H3. The molecule has 90 valence electrons. The smallest absolute Gasteiger partial charge is 0.249 e. The molecule has 1 saturated carbocycles. The van der Waals surface area contributed by atoms with Crippen molar-refractivity contribution < 1.29 is 9.63 Å². The van der Waals surface area contributed by atoms with Crippen LogP contribution in [0.25, 0.3) is 0 Å². The number of hydrogen-bond donors (Lipinski definition) is 1. The molecule has 4 nitrogen and oxygen atoms in total. The van der Waals surface area contributed by atoms with E-state index in [1.54, 1.807) is 5.06 Å². The molecule has 2 aliphatic heterocycles. The van der Waals surface area contributed by atoms with Gasteiger partial charge in [-0.25, -0.2) is 5.06 Å². The minimum atomic E-state index is -0.193. The lowest BCUT2D eigenvalue weighted by atomic mass is 9.97. The van der Waals surface area contributed by atoms with E-state index < -0.39 is 0 Å². The van der Waals surface area contributed by atoms with Gasteiger partial charge in [0.1, 0.15) is 5.60 Å². The number of nitrogens with one attached hydrogen (secondary N) is 1. The van der Waals surface area contributed by atoms with Gasteiger partial charge in [-0.3, -0.25) is 9.63 Å². The number of nitrogens with zero attached hydrogens (tertiary/aromatic N) is 1. The van der Waals surface area contributed by atoms with Crippen LogP contribution in [0.2, 0.25) is 0 Å². The summed E-state index contributed by atoms with van der Waals surface area (Å²) in [5.74, 6) is 0.810. The first kappa shape index (κ1) is 10.5. The number of hydroxylamine groups is 2. The number of rotatable bonds is 2. The molecule has 2 saturated heterocycles. The molecule has 0 aromatic heterocycles. The quantitative estimate of drug-likeness (QED) is 0.763. The second kappa shape index (κ2) is 3.70. The molecule has 2 heterocycles. The fourth-order valence-corrected chi connectivity index (χ4v) is 2.92. The first-order chi connectivity index (χ1) is 7.69. The summed E-state index contributed by atoms with van der Waals surface area (Å²) in [6.45, 7) is 4.10. The minimum Gasteiger partial charge on any atom is -0.317 e. The van der Waals surface area contributed by atoms with Crippen LogP contribution in [0.5, 0.6) is 0 Å². The highest BCUT2D eigenvalue weighted by Crippen LogP contribution is 2.47. The minimum absolute atomic E-state index is 0.193. The Morgan fingerprint density at radius 3 is 2.62 bits per heavy atom. The lowest BCUT2D eigenvalue weighted by Gasteiger charge is -2.32. The van der Waals surface area contributed by atoms with E-state index in [0.29, 0.717) is 18.4 Å². The Labute approximate surface area is 96.3 Å². The van der Waals surface area contributed by atoms with E-state index in [1.807, 2.05) is 0 Å². The second-order valence-corrected chi connectivity index (χ2v) is 5.56.